The highest BCUT2D eigenvalue weighted by Gasteiger charge is 2.26. The Labute approximate surface area is 112 Å². The van der Waals surface area contributed by atoms with Gasteiger partial charge < -0.3 is 15.5 Å². The van der Waals surface area contributed by atoms with Crippen LogP contribution in [-0.4, -0.2) is 44.3 Å². The number of nitrogens with one attached hydrogen (secondary N) is 2. The fourth-order valence-electron chi connectivity index (χ4n) is 1.50. The van der Waals surface area contributed by atoms with Gasteiger partial charge in [0, 0.05) is 0 Å². The van der Waals surface area contributed by atoms with Gasteiger partial charge in [0.05, 0.1) is 12.1 Å². The second kappa shape index (κ2) is 5.95. The van der Waals surface area contributed by atoms with E-state index in [2.05, 4.69) is 10.2 Å². The third-order valence-electron chi connectivity index (χ3n) is 2.68. The summed E-state index contributed by atoms with van der Waals surface area (Å²) in [4.78, 5) is 44.9. The van der Waals surface area contributed by atoms with Gasteiger partial charge in [0.15, 0.2) is 0 Å². The molecule has 108 valence electrons. The van der Waals surface area contributed by atoms with Crippen LogP contribution < -0.4 is 10.9 Å². The van der Waals surface area contributed by atoms with Crippen molar-refractivity contribution < 1.29 is 24.6 Å². The van der Waals surface area contributed by atoms with Crippen molar-refractivity contribution in [3.63, 3.8) is 0 Å². The van der Waals surface area contributed by atoms with E-state index in [1.54, 1.807) is 6.92 Å². The van der Waals surface area contributed by atoms with Crippen molar-refractivity contribution in [1.29, 1.82) is 0 Å². The Morgan fingerprint density at radius 2 is 1.90 bits per heavy atom. The number of carbonyl (C=O) groups is 3. The Morgan fingerprint density at radius 3 is 2.40 bits per heavy atom. The third-order valence-corrected chi connectivity index (χ3v) is 2.68. The molecule has 0 aliphatic rings. The van der Waals surface area contributed by atoms with Crippen LogP contribution in [0.4, 0.5) is 0 Å². The van der Waals surface area contributed by atoms with Crippen LogP contribution in [0.3, 0.4) is 0 Å². The summed E-state index contributed by atoms with van der Waals surface area (Å²) in [5.74, 6) is -3.84. The molecule has 0 spiro atoms. The van der Waals surface area contributed by atoms with Gasteiger partial charge in [0.2, 0.25) is 0 Å². The Balaban J connectivity index is 3.07. The minimum atomic E-state index is -1.62. The average Bonchev–Trinajstić information content (AvgIpc) is 2.33. The molecular formula is C11H13N3O6. The molecule has 1 aromatic rings. The summed E-state index contributed by atoms with van der Waals surface area (Å²) in [6.45, 7) is 3.05. The first kappa shape index (κ1) is 15.3. The number of aryl methyl sites for hydroxylation is 1. The van der Waals surface area contributed by atoms with Crippen LogP contribution >= 0.6 is 0 Å². The van der Waals surface area contributed by atoms with Gasteiger partial charge in [-0.1, -0.05) is 0 Å². The molecule has 0 aliphatic carbocycles. The number of hydrogen-bond acceptors (Lipinski definition) is 5. The van der Waals surface area contributed by atoms with Crippen molar-refractivity contribution in [2.45, 2.75) is 26.3 Å². The molecule has 1 heterocycles. The lowest BCUT2D eigenvalue weighted by Crippen LogP contribution is -2.44. The predicted molar refractivity (Wildman–Crippen MR) is 65.5 cm³/mol. The number of carbonyl (C=O) groups excluding carboxylic acids is 1. The van der Waals surface area contributed by atoms with Crippen LogP contribution in [0.2, 0.25) is 0 Å². The zero-order valence-corrected chi connectivity index (χ0v) is 10.8. The van der Waals surface area contributed by atoms with Crippen LogP contribution in [0.1, 0.15) is 28.0 Å². The molecule has 0 aromatic carbocycles. The first-order chi connectivity index (χ1) is 9.23. The minimum absolute atomic E-state index is 0.283. The maximum Gasteiger partial charge on any atom is 0.326 e. The number of rotatable bonds is 5. The van der Waals surface area contributed by atoms with Gasteiger partial charge in [-0.15, -0.1) is 0 Å². The van der Waals surface area contributed by atoms with Gasteiger partial charge in [-0.2, -0.15) is 5.10 Å². The Hall–Kier alpha value is -2.71. The summed E-state index contributed by atoms with van der Waals surface area (Å²) < 4.78 is 0. The number of aliphatic carboxylic acids is 2. The third kappa shape index (κ3) is 3.40. The number of nitrogens with zero attached hydrogens (tertiary/aromatic N) is 1. The molecule has 1 aromatic heterocycles. The molecule has 1 atom stereocenters. The molecular weight excluding hydrogens is 270 g/mol. The highest BCUT2D eigenvalue weighted by atomic mass is 16.4. The van der Waals surface area contributed by atoms with Gasteiger partial charge in [0.1, 0.15) is 11.6 Å². The maximum atomic E-state index is 11.9. The highest BCUT2D eigenvalue weighted by Crippen LogP contribution is 2.05. The lowest BCUT2D eigenvalue weighted by Gasteiger charge is -2.13. The van der Waals surface area contributed by atoms with Gasteiger partial charge in [-0.05, 0) is 19.4 Å². The molecule has 0 aliphatic heterocycles. The SMILES string of the molecule is Cc1n[nH]c(=O)c(C(=O)N[C@@H](CC(=O)O)C(=O)O)c1C. The van der Waals surface area contributed by atoms with E-state index in [1.807, 2.05) is 5.32 Å². The second-order valence-corrected chi connectivity index (χ2v) is 4.10. The molecule has 20 heavy (non-hydrogen) atoms. The molecule has 0 bridgehead atoms. The van der Waals surface area contributed by atoms with Crippen LogP contribution in [-0.2, 0) is 9.59 Å². The molecule has 1 amide bonds. The van der Waals surface area contributed by atoms with Crippen LogP contribution in [0.15, 0.2) is 4.79 Å². The Kier molecular flexibility index (Phi) is 4.57. The molecule has 9 heteroatoms. The highest BCUT2D eigenvalue weighted by molar-refractivity contribution is 5.98. The first-order valence-electron chi connectivity index (χ1n) is 5.55. The van der Waals surface area contributed by atoms with Gasteiger partial charge >= 0.3 is 11.9 Å². The standard InChI is InChI=1S/C11H13N3O6/c1-4-5(2)13-14-10(18)8(4)9(17)12-6(11(19)20)3-7(15)16/h6H,3H2,1-2H3,(H,12,17)(H,14,18)(H,15,16)(H,19,20)/t6-/m0/s1. The summed E-state index contributed by atoms with van der Waals surface area (Å²) in [5, 5.41) is 25.2. The second-order valence-electron chi connectivity index (χ2n) is 4.10. The Bertz CT molecular complexity index is 621. The molecule has 0 unspecified atom stereocenters. The van der Waals surface area contributed by atoms with E-state index in [4.69, 9.17) is 10.2 Å². The topological polar surface area (TPSA) is 149 Å². The van der Waals surface area contributed by atoms with Crippen molar-refractivity contribution in [2.24, 2.45) is 0 Å². The summed E-state index contributed by atoms with van der Waals surface area (Å²) in [7, 11) is 0. The summed E-state index contributed by atoms with van der Waals surface area (Å²) >= 11 is 0. The molecule has 0 radical (unpaired) electrons. The number of aromatic amines is 1. The van der Waals surface area contributed by atoms with E-state index in [-0.39, 0.29) is 5.56 Å². The zero-order valence-electron chi connectivity index (χ0n) is 10.8. The van der Waals surface area contributed by atoms with Crippen molar-refractivity contribution in [3.05, 3.63) is 27.2 Å². The molecule has 9 nitrogen and oxygen atoms in total. The van der Waals surface area contributed by atoms with Crippen molar-refractivity contribution in [1.82, 2.24) is 15.5 Å². The van der Waals surface area contributed by atoms with E-state index in [9.17, 15) is 19.2 Å². The van der Waals surface area contributed by atoms with Crippen LogP contribution in [0.5, 0.6) is 0 Å². The summed E-state index contributed by atoms with van der Waals surface area (Å²) in [5.41, 5.74) is -0.357. The average molecular weight is 283 g/mol. The number of hydrogen-bond donors (Lipinski definition) is 4. The monoisotopic (exact) mass is 283 g/mol. The normalized spacial score (nSPS) is 11.7. The number of carboxylic acid groups (broad SMARTS) is 2. The van der Waals surface area contributed by atoms with Crippen molar-refractivity contribution in [3.8, 4) is 0 Å². The molecule has 1 rings (SSSR count). The number of amides is 1. The van der Waals surface area contributed by atoms with Crippen LogP contribution in [0, 0.1) is 13.8 Å². The summed E-state index contributed by atoms with van der Waals surface area (Å²) in [6, 6.07) is -1.62. The first-order valence-corrected chi connectivity index (χ1v) is 5.55. The van der Waals surface area contributed by atoms with Gasteiger partial charge in [-0.25, -0.2) is 9.89 Å². The molecule has 4 N–H and O–H groups in total. The quantitative estimate of drug-likeness (QED) is 0.543. The number of carboxylic acids is 2. The van der Waals surface area contributed by atoms with Gasteiger partial charge in [-0.3, -0.25) is 14.4 Å². The van der Waals surface area contributed by atoms with E-state index < -0.39 is 35.9 Å². The van der Waals surface area contributed by atoms with Crippen molar-refractivity contribution >= 4 is 17.8 Å². The van der Waals surface area contributed by atoms with E-state index in [0.717, 1.165) is 0 Å². The van der Waals surface area contributed by atoms with E-state index in [1.165, 1.54) is 6.92 Å². The fourth-order valence-corrected chi connectivity index (χ4v) is 1.50. The largest absolute Gasteiger partial charge is 0.481 e. The van der Waals surface area contributed by atoms with Crippen molar-refractivity contribution in [2.75, 3.05) is 0 Å². The van der Waals surface area contributed by atoms with Crippen LogP contribution in [0.25, 0.3) is 0 Å². The van der Waals surface area contributed by atoms with Gasteiger partial charge in [0.25, 0.3) is 11.5 Å². The van der Waals surface area contributed by atoms with E-state index in [0.29, 0.717) is 11.3 Å². The molecule has 0 saturated carbocycles. The predicted octanol–water partition coefficient (Wildman–Crippen LogP) is -0.956. The van der Waals surface area contributed by atoms with E-state index >= 15 is 0 Å². The Morgan fingerprint density at radius 1 is 1.30 bits per heavy atom. The number of aromatic nitrogens is 2. The number of H-pyrrole nitrogens is 1. The minimum Gasteiger partial charge on any atom is -0.481 e. The zero-order chi connectivity index (χ0) is 15.4. The lowest BCUT2D eigenvalue weighted by atomic mass is 10.1. The summed E-state index contributed by atoms with van der Waals surface area (Å²) in [6.07, 6.45) is -0.790. The molecule has 0 saturated heterocycles. The fraction of sp³-hybridized carbons (Fsp3) is 0.364. The smallest absolute Gasteiger partial charge is 0.326 e. The molecule has 0 fully saturated rings. The maximum absolute atomic E-state index is 11.9. The lowest BCUT2D eigenvalue weighted by molar-refractivity contribution is -0.145.